The van der Waals surface area contributed by atoms with Crippen LogP contribution in [0.15, 0.2) is 30.3 Å². The van der Waals surface area contributed by atoms with E-state index in [0.717, 1.165) is 19.3 Å². The van der Waals surface area contributed by atoms with Crippen LogP contribution in [-0.2, 0) is 0 Å². The van der Waals surface area contributed by atoms with Gasteiger partial charge in [0.1, 0.15) is 0 Å². The van der Waals surface area contributed by atoms with Crippen molar-refractivity contribution in [1.82, 2.24) is 4.97 Å². The monoisotopic (exact) mass is 161 g/mol. The van der Waals surface area contributed by atoms with Crippen molar-refractivity contribution < 1.29 is 5.21 Å². The van der Waals surface area contributed by atoms with E-state index in [1.165, 1.54) is 10.4 Å². The van der Waals surface area contributed by atoms with Gasteiger partial charge in [0.05, 0.1) is 0 Å². The minimum absolute atomic E-state index is 0.228. The van der Waals surface area contributed by atoms with Crippen molar-refractivity contribution in [3.05, 3.63) is 30.3 Å². The van der Waals surface area contributed by atoms with Gasteiger partial charge in [-0.15, -0.1) is 0 Å². The Morgan fingerprint density at radius 1 is 1.25 bits per heavy atom. The molecular formula is C9H12BNO. The first-order valence-corrected chi connectivity index (χ1v) is 4.38. The van der Waals surface area contributed by atoms with E-state index in [-0.39, 0.29) is 6.85 Å². The van der Waals surface area contributed by atoms with E-state index in [1.54, 1.807) is 0 Å². The number of hydroxylamine groups is 1. The average molecular weight is 161 g/mol. The van der Waals surface area contributed by atoms with Crippen LogP contribution in [0.3, 0.4) is 0 Å². The van der Waals surface area contributed by atoms with Crippen molar-refractivity contribution in [2.75, 3.05) is 6.54 Å². The molecule has 0 aromatic heterocycles. The van der Waals surface area contributed by atoms with E-state index in [9.17, 15) is 5.21 Å². The van der Waals surface area contributed by atoms with Crippen molar-refractivity contribution in [2.24, 2.45) is 0 Å². The highest BCUT2D eigenvalue weighted by atomic mass is 16.5. The summed E-state index contributed by atoms with van der Waals surface area (Å²) < 4.78 is 0. The molecule has 0 spiro atoms. The number of hydrogen-bond acceptors (Lipinski definition) is 2. The van der Waals surface area contributed by atoms with Crippen molar-refractivity contribution in [3.63, 3.8) is 0 Å². The fourth-order valence-corrected chi connectivity index (χ4v) is 1.77. The van der Waals surface area contributed by atoms with Crippen LogP contribution in [0, 0.1) is 0 Å². The number of benzene rings is 1. The smallest absolute Gasteiger partial charge is 0.288 e. The lowest BCUT2D eigenvalue weighted by Gasteiger charge is -2.13. The van der Waals surface area contributed by atoms with Crippen LogP contribution >= 0.6 is 0 Å². The number of hydrogen-bond donors (Lipinski definition) is 1. The second kappa shape index (κ2) is 3.29. The zero-order chi connectivity index (χ0) is 8.39. The van der Waals surface area contributed by atoms with Gasteiger partial charge in [0.25, 0.3) is 6.85 Å². The number of nitrogens with zero attached hydrogens (tertiary/aromatic N) is 1. The van der Waals surface area contributed by atoms with Crippen LogP contribution in [0.2, 0.25) is 6.32 Å². The Morgan fingerprint density at radius 3 is 2.58 bits per heavy atom. The predicted molar refractivity (Wildman–Crippen MR) is 49.7 cm³/mol. The molecule has 1 aliphatic rings. The normalized spacial score (nSPS) is 18.6. The summed E-state index contributed by atoms with van der Waals surface area (Å²) in [4.78, 5) is 1.44. The van der Waals surface area contributed by atoms with Gasteiger partial charge in [-0.3, -0.25) is 0 Å². The van der Waals surface area contributed by atoms with Crippen LogP contribution in [-0.4, -0.2) is 23.6 Å². The molecular weight excluding hydrogens is 149 g/mol. The lowest BCUT2D eigenvalue weighted by molar-refractivity contribution is 0.00697. The zero-order valence-electron chi connectivity index (χ0n) is 6.98. The molecule has 62 valence electrons. The average Bonchev–Trinajstić information content (AvgIpc) is 2.53. The predicted octanol–water partition coefficient (Wildman–Crippen LogP) is 0.980. The lowest BCUT2D eigenvalue weighted by Crippen LogP contribution is -2.41. The first-order valence-electron chi connectivity index (χ1n) is 4.38. The molecule has 0 bridgehead atoms. The second-order valence-electron chi connectivity index (χ2n) is 3.23. The fourth-order valence-electron chi connectivity index (χ4n) is 1.77. The summed E-state index contributed by atoms with van der Waals surface area (Å²) in [5, 5.41) is 9.48. The highest BCUT2D eigenvalue weighted by Crippen LogP contribution is 2.11. The van der Waals surface area contributed by atoms with Gasteiger partial charge in [-0.25, -0.2) is 4.97 Å². The molecule has 1 aromatic carbocycles. The fraction of sp³-hybridized carbons (Fsp3) is 0.333. The van der Waals surface area contributed by atoms with Crippen molar-refractivity contribution in [2.45, 2.75) is 12.7 Å². The third-order valence-corrected chi connectivity index (χ3v) is 2.41. The van der Waals surface area contributed by atoms with E-state index in [2.05, 4.69) is 12.1 Å². The standard InChI is InChI=1S/C9H12BNO/c12-11-8-4-7-10(11)9-5-2-1-3-6-9/h1-3,5-6,12H,4,7-8H2. The van der Waals surface area contributed by atoms with Crippen LogP contribution in [0.1, 0.15) is 6.42 Å². The van der Waals surface area contributed by atoms with E-state index in [1.807, 2.05) is 18.2 Å². The topological polar surface area (TPSA) is 23.5 Å². The maximum Gasteiger partial charge on any atom is 0.288 e. The summed E-state index contributed by atoms with van der Waals surface area (Å²) in [6, 6.07) is 10.2. The molecule has 1 aromatic rings. The molecule has 2 nitrogen and oxygen atoms in total. The first-order chi connectivity index (χ1) is 5.88. The van der Waals surface area contributed by atoms with Gasteiger partial charge in [-0.05, 0) is 6.42 Å². The van der Waals surface area contributed by atoms with Crippen LogP contribution in [0.5, 0.6) is 0 Å². The van der Waals surface area contributed by atoms with Crippen LogP contribution in [0.4, 0.5) is 0 Å². The van der Waals surface area contributed by atoms with Gasteiger partial charge in [0.2, 0.25) is 0 Å². The zero-order valence-corrected chi connectivity index (χ0v) is 6.98. The molecule has 0 unspecified atom stereocenters. The van der Waals surface area contributed by atoms with Gasteiger partial charge in [-0.2, -0.15) is 0 Å². The summed E-state index contributed by atoms with van der Waals surface area (Å²) >= 11 is 0. The molecule has 0 radical (unpaired) electrons. The molecule has 1 saturated heterocycles. The lowest BCUT2D eigenvalue weighted by atomic mass is 9.55. The van der Waals surface area contributed by atoms with E-state index >= 15 is 0 Å². The maximum absolute atomic E-state index is 9.48. The third kappa shape index (κ3) is 1.38. The molecule has 0 aliphatic carbocycles. The molecule has 0 atom stereocenters. The first kappa shape index (κ1) is 7.83. The molecule has 2 rings (SSSR count). The van der Waals surface area contributed by atoms with E-state index in [4.69, 9.17) is 0 Å². The Bertz CT molecular complexity index is 252. The summed E-state index contributed by atoms with van der Waals surface area (Å²) in [6.07, 6.45) is 2.16. The quantitative estimate of drug-likeness (QED) is 0.620. The van der Waals surface area contributed by atoms with Crippen LogP contribution < -0.4 is 5.46 Å². The molecule has 0 amide bonds. The second-order valence-corrected chi connectivity index (χ2v) is 3.23. The maximum atomic E-state index is 9.48. The Morgan fingerprint density at radius 2 is 2.00 bits per heavy atom. The largest absolute Gasteiger partial charge is 0.325 e. The van der Waals surface area contributed by atoms with Gasteiger partial charge in [0.15, 0.2) is 0 Å². The Kier molecular flexibility index (Phi) is 2.15. The Hall–Kier alpha value is -0.795. The van der Waals surface area contributed by atoms with Gasteiger partial charge in [-0.1, -0.05) is 42.1 Å². The van der Waals surface area contributed by atoms with Crippen molar-refractivity contribution in [1.29, 1.82) is 0 Å². The summed E-state index contributed by atoms with van der Waals surface area (Å²) in [7, 11) is 0. The molecule has 1 aliphatic heterocycles. The Balaban J connectivity index is 2.19. The van der Waals surface area contributed by atoms with E-state index in [0.29, 0.717) is 0 Å². The highest BCUT2D eigenvalue weighted by molar-refractivity contribution is 6.70. The molecule has 1 fully saturated rings. The third-order valence-electron chi connectivity index (χ3n) is 2.41. The van der Waals surface area contributed by atoms with Gasteiger partial charge < -0.3 is 5.21 Å². The summed E-state index contributed by atoms with van der Waals surface area (Å²) in [5.41, 5.74) is 1.22. The van der Waals surface area contributed by atoms with Crippen LogP contribution in [0.25, 0.3) is 0 Å². The molecule has 0 saturated carbocycles. The van der Waals surface area contributed by atoms with E-state index < -0.39 is 0 Å². The van der Waals surface area contributed by atoms with Crippen molar-refractivity contribution >= 4 is 12.3 Å². The van der Waals surface area contributed by atoms with Gasteiger partial charge in [0, 0.05) is 6.54 Å². The summed E-state index contributed by atoms with van der Waals surface area (Å²) in [5.74, 6) is 0. The minimum atomic E-state index is 0.228. The van der Waals surface area contributed by atoms with Crippen molar-refractivity contribution in [3.8, 4) is 0 Å². The molecule has 12 heavy (non-hydrogen) atoms. The number of rotatable bonds is 1. The Labute approximate surface area is 72.9 Å². The molecule has 1 heterocycles. The minimum Gasteiger partial charge on any atom is -0.325 e. The molecule has 3 heteroatoms. The molecule has 1 N–H and O–H groups in total. The SMILES string of the molecule is ON1CCCB1c1ccccc1. The summed E-state index contributed by atoms with van der Waals surface area (Å²) in [6.45, 7) is 1.03. The van der Waals surface area contributed by atoms with Gasteiger partial charge >= 0.3 is 0 Å². The highest BCUT2D eigenvalue weighted by Gasteiger charge is 2.28.